The molecule has 0 N–H and O–H groups in total. The van der Waals surface area contributed by atoms with Gasteiger partial charge in [-0.3, -0.25) is 14.3 Å². The van der Waals surface area contributed by atoms with Crippen LogP contribution in [0.4, 0.5) is 0 Å². The van der Waals surface area contributed by atoms with Crippen molar-refractivity contribution >= 4 is 17.5 Å². The number of aromatic nitrogens is 4. The molecular weight excluding hydrogens is 396 g/mol. The third-order valence-electron chi connectivity index (χ3n) is 5.00. The van der Waals surface area contributed by atoms with E-state index in [1.807, 2.05) is 48.7 Å². The summed E-state index contributed by atoms with van der Waals surface area (Å²) in [5.41, 5.74) is 4.93. The maximum Gasteiger partial charge on any atom is 0.192 e. The third kappa shape index (κ3) is 4.21. The van der Waals surface area contributed by atoms with Gasteiger partial charge in [-0.05, 0) is 67.8 Å². The summed E-state index contributed by atoms with van der Waals surface area (Å²) in [6, 6.07) is 11.6. The number of Topliss-reactive ketones (excluding diaryl/α,β-unsaturated/α-hetero) is 1. The molecule has 0 unspecified atom stereocenters. The average molecular weight is 419 g/mol. The number of furan rings is 1. The van der Waals surface area contributed by atoms with Gasteiger partial charge in [-0.1, -0.05) is 17.8 Å². The first-order valence-corrected chi connectivity index (χ1v) is 10.6. The topological polar surface area (TPSA) is 73.8 Å². The van der Waals surface area contributed by atoms with Crippen molar-refractivity contribution in [1.29, 1.82) is 0 Å². The van der Waals surface area contributed by atoms with E-state index < -0.39 is 0 Å². The molecule has 3 heterocycles. The molecule has 0 aliphatic heterocycles. The normalized spacial score (nSPS) is 11.0. The second-order valence-electron chi connectivity index (χ2n) is 7.18. The average Bonchev–Trinajstić information content (AvgIpc) is 3.40. The van der Waals surface area contributed by atoms with E-state index in [-0.39, 0.29) is 11.5 Å². The Bertz CT molecular complexity index is 1170. The molecule has 152 valence electrons. The number of hydrogen-bond acceptors (Lipinski definition) is 6. The molecule has 0 fully saturated rings. The fourth-order valence-electron chi connectivity index (χ4n) is 3.27. The van der Waals surface area contributed by atoms with Gasteiger partial charge in [-0.15, -0.1) is 10.2 Å². The van der Waals surface area contributed by atoms with Gasteiger partial charge in [-0.2, -0.15) is 0 Å². The Hall–Kier alpha value is -3.19. The molecule has 4 rings (SSSR count). The quantitative estimate of drug-likeness (QED) is 0.314. The lowest BCUT2D eigenvalue weighted by molar-refractivity contribution is 0.102. The number of pyridine rings is 1. The van der Waals surface area contributed by atoms with Crippen LogP contribution in [-0.4, -0.2) is 31.3 Å². The predicted molar refractivity (Wildman–Crippen MR) is 117 cm³/mol. The Kier molecular flexibility index (Phi) is 5.81. The Balaban J connectivity index is 1.60. The van der Waals surface area contributed by atoms with Crippen LogP contribution in [0.1, 0.15) is 32.8 Å². The lowest BCUT2D eigenvalue weighted by Crippen LogP contribution is -2.08. The number of hydrogen-bond donors (Lipinski definition) is 0. The van der Waals surface area contributed by atoms with Crippen LogP contribution in [0.25, 0.3) is 11.4 Å². The van der Waals surface area contributed by atoms with Gasteiger partial charge in [-0.25, -0.2) is 0 Å². The van der Waals surface area contributed by atoms with Crippen molar-refractivity contribution in [1.82, 2.24) is 19.7 Å². The zero-order valence-electron chi connectivity index (χ0n) is 17.1. The van der Waals surface area contributed by atoms with E-state index in [0.717, 1.165) is 28.0 Å². The molecule has 1 aromatic carbocycles. The van der Waals surface area contributed by atoms with Gasteiger partial charge >= 0.3 is 0 Å². The van der Waals surface area contributed by atoms with Gasteiger partial charge in [0.1, 0.15) is 5.76 Å². The summed E-state index contributed by atoms with van der Waals surface area (Å²) in [5, 5.41) is 9.37. The highest BCUT2D eigenvalue weighted by molar-refractivity contribution is 7.99. The standard InChI is InChI=1S/C23H22N4O2S/c1-15-10-17(3)20(11-16(15)2)21(28)14-30-23-26-25-22(18-6-4-8-24-12-18)27(23)13-19-7-5-9-29-19/h4-12H,13-14H2,1-3H3. The number of benzene rings is 1. The highest BCUT2D eigenvalue weighted by Crippen LogP contribution is 2.26. The second-order valence-corrected chi connectivity index (χ2v) is 8.12. The lowest BCUT2D eigenvalue weighted by Gasteiger charge is -2.10. The number of rotatable bonds is 7. The lowest BCUT2D eigenvalue weighted by atomic mass is 9.99. The summed E-state index contributed by atoms with van der Waals surface area (Å²) in [7, 11) is 0. The van der Waals surface area contributed by atoms with Crippen LogP contribution in [0.5, 0.6) is 0 Å². The number of carbonyl (C=O) groups is 1. The Labute approximate surface area is 179 Å². The Morgan fingerprint density at radius 3 is 2.63 bits per heavy atom. The molecule has 3 aromatic heterocycles. The number of thioether (sulfide) groups is 1. The SMILES string of the molecule is Cc1cc(C)c(C(=O)CSc2nnc(-c3cccnc3)n2Cc2ccco2)cc1C. The highest BCUT2D eigenvalue weighted by Gasteiger charge is 2.18. The fraction of sp³-hybridized carbons (Fsp3) is 0.217. The monoisotopic (exact) mass is 418 g/mol. The van der Waals surface area contributed by atoms with Crippen molar-refractivity contribution < 1.29 is 9.21 Å². The second kappa shape index (κ2) is 8.67. The molecule has 4 aromatic rings. The summed E-state index contributed by atoms with van der Waals surface area (Å²) in [6.45, 7) is 6.54. The number of carbonyl (C=O) groups excluding carboxylic acids is 1. The Morgan fingerprint density at radius 2 is 1.90 bits per heavy atom. The minimum atomic E-state index is 0.0797. The van der Waals surface area contributed by atoms with Crippen LogP contribution in [0.2, 0.25) is 0 Å². The molecule has 7 heteroatoms. The molecule has 0 amide bonds. The highest BCUT2D eigenvalue weighted by atomic mass is 32.2. The van der Waals surface area contributed by atoms with Crippen molar-refractivity contribution in [3.63, 3.8) is 0 Å². The fourth-order valence-corrected chi connectivity index (χ4v) is 4.09. The van der Waals surface area contributed by atoms with Crippen molar-refractivity contribution in [2.45, 2.75) is 32.5 Å². The molecule has 0 aliphatic carbocycles. The van der Waals surface area contributed by atoms with E-state index >= 15 is 0 Å². The third-order valence-corrected chi connectivity index (χ3v) is 5.97. The van der Waals surface area contributed by atoms with Crippen molar-refractivity contribution in [3.8, 4) is 11.4 Å². The van der Waals surface area contributed by atoms with Crippen molar-refractivity contribution in [3.05, 3.63) is 83.1 Å². The molecule has 6 nitrogen and oxygen atoms in total. The zero-order valence-corrected chi connectivity index (χ0v) is 17.9. The van der Waals surface area contributed by atoms with Gasteiger partial charge in [0.15, 0.2) is 16.8 Å². The van der Waals surface area contributed by atoms with Crippen LogP contribution in [0, 0.1) is 20.8 Å². The van der Waals surface area contributed by atoms with E-state index in [1.165, 1.54) is 17.3 Å². The summed E-state index contributed by atoms with van der Waals surface area (Å²) >= 11 is 1.38. The molecule has 30 heavy (non-hydrogen) atoms. The van der Waals surface area contributed by atoms with E-state index in [1.54, 1.807) is 18.7 Å². The Morgan fingerprint density at radius 1 is 1.07 bits per heavy atom. The van der Waals surface area contributed by atoms with Gasteiger partial charge in [0.05, 0.1) is 18.6 Å². The van der Waals surface area contributed by atoms with Crippen LogP contribution in [0.3, 0.4) is 0 Å². The van der Waals surface area contributed by atoms with Crippen LogP contribution in [-0.2, 0) is 6.54 Å². The first kappa shape index (κ1) is 20.1. The summed E-state index contributed by atoms with van der Waals surface area (Å²) in [6.07, 6.45) is 5.11. The molecule has 0 saturated heterocycles. The van der Waals surface area contributed by atoms with Crippen molar-refractivity contribution in [2.75, 3.05) is 5.75 Å². The number of ketones is 1. The molecule has 0 bridgehead atoms. The first-order valence-electron chi connectivity index (χ1n) is 9.62. The van der Waals surface area contributed by atoms with E-state index in [2.05, 4.69) is 28.2 Å². The molecule has 0 radical (unpaired) electrons. The maximum absolute atomic E-state index is 12.9. The van der Waals surface area contributed by atoms with Gasteiger partial charge < -0.3 is 4.42 Å². The number of aryl methyl sites for hydroxylation is 3. The smallest absolute Gasteiger partial charge is 0.192 e. The van der Waals surface area contributed by atoms with Crippen LogP contribution in [0.15, 0.2) is 64.6 Å². The number of nitrogens with zero attached hydrogens (tertiary/aromatic N) is 4. The van der Waals surface area contributed by atoms with Crippen molar-refractivity contribution in [2.24, 2.45) is 0 Å². The first-order chi connectivity index (χ1) is 14.5. The maximum atomic E-state index is 12.9. The van der Waals surface area contributed by atoms with E-state index in [9.17, 15) is 4.79 Å². The summed E-state index contributed by atoms with van der Waals surface area (Å²) in [5.74, 6) is 1.85. The van der Waals surface area contributed by atoms with Gasteiger partial charge in [0.25, 0.3) is 0 Å². The van der Waals surface area contributed by atoms with E-state index in [4.69, 9.17) is 4.42 Å². The predicted octanol–water partition coefficient (Wildman–Crippen LogP) is 4.88. The molecular formula is C23H22N4O2S. The minimum Gasteiger partial charge on any atom is -0.467 e. The molecule has 0 atom stereocenters. The van der Waals surface area contributed by atoms with Gasteiger partial charge in [0, 0.05) is 23.5 Å². The molecule has 0 spiro atoms. The van der Waals surface area contributed by atoms with E-state index in [0.29, 0.717) is 17.5 Å². The molecule has 0 saturated carbocycles. The summed E-state index contributed by atoms with van der Waals surface area (Å²) in [4.78, 5) is 17.1. The summed E-state index contributed by atoms with van der Waals surface area (Å²) < 4.78 is 7.48. The van der Waals surface area contributed by atoms with Crippen LogP contribution < -0.4 is 0 Å². The minimum absolute atomic E-state index is 0.0797. The zero-order chi connectivity index (χ0) is 21.1. The van der Waals surface area contributed by atoms with Gasteiger partial charge in [0.2, 0.25) is 0 Å². The molecule has 0 aliphatic rings. The largest absolute Gasteiger partial charge is 0.467 e. The van der Waals surface area contributed by atoms with Crippen LogP contribution >= 0.6 is 11.8 Å².